The molecule has 0 aromatic heterocycles. The summed E-state index contributed by atoms with van der Waals surface area (Å²) < 4.78 is 0. The van der Waals surface area contributed by atoms with E-state index in [1.807, 2.05) is 0 Å². The van der Waals surface area contributed by atoms with Gasteiger partial charge in [-0.05, 0) is 17.7 Å². The van der Waals surface area contributed by atoms with Gasteiger partial charge < -0.3 is 19.8 Å². The summed E-state index contributed by atoms with van der Waals surface area (Å²) in [5.41, 5.74) is 0.454. The fourth-order valence-electron chi connectivity index (χ4n) is 1.96. The second-order valence-corrected chi connectivity index (χ2v) is 5.82. The van der Waals surface area contributed by atoms with Crippen LogP contribution in [0.15, 0.2) is 41.9 Å². The maximum atomic E-state index is 12.2. The molecule has 120 valence electrons. The maximum absolute atomic E-state index is 12.2. The number of hydrogen-bond donors (Lipinski definition) is 0. The van der Waals surface area contributed by atoms with E-state index in [1.54, 1.807) is 0 Å². The normalized spacial score (nSPS) is 19.1. The highest BCUT2D eigenvalue weighted by Gasteiger charge is 2.37. The van der Waals surface area contributed by atoms with Gasteiger partial charge in [0.1, 0.15) is 0 Å². The van der Waals surface area contributed by atoms with E-state index in [4.69, 9.17) is 0 Å². The lowest BCUT2D eigenvalue weighted by molar-refractivity contribution is -0.305. The number of benzene rings is 1. The van der Waals surface area contributed by atoms with E-state index in [9.17, 15) is 24.6 Å². The number of carbonyl (C=O) groups excluding carboxylic acids is 3. The number of aromatic carboxylic acids is 1. The van der Waals surface area contributed by atoms with Crippen LogP contribution >= 0.6 is 11.8 Å². The Morgan fingerprint density at radius 2 is 1.96 bits per heavy atom. The average Bonchev–Trinajstić information content (AvgIpc) is 2.76. The third-order valence-corrected chi connectivity index (χ3v) is 4.19. The molecule has 1 saturated heterocycles. The third-order valence-electron chi connectivity index (χ3n) is 3.01. The van der Waals surface area contributed by atoms with Gasteiger partial charge in [0.25, 0.3) is 0 Å². The lowest BCUT2D eigenvalue weighted by Gasteiger charge is -2.14. The Bertz CT molecular complexity index is 684. The van der Waals surface area contributed by atoms with E-state index in [0.717, 1.165) is 11.8 Å². The van der Waals surface area contributed by atoms with Crippen molar-refractivity contribution in [2.45, 2.75) is 11.7 Å². The summed E-state index contributed by atoms with van der Waals surface area (Å²) in [5, 5.41) is 21.0. The first-order valence-electron chi connectivity index (χ1n) is 6.61. The van der Waals surface area contributed by atoms with Crippen molar-refractivity contribution in [3.05, 3.63) is 42.5 Å². The molecule has 2 rings (SSSR count). The molecule has 0 N–H and O–H groups in total. The van der Waals surface area contributed by atoms with E-state index in [2.05, 4.69) is 11.6 Å². The van der Waals surface area contributed by atoms with E-state index < -0.39 is 23.6 Å². The Hall–Kier alpha value is -2.61. The van der Waals surface area contributed by atoms with Crippen LogP contribution in [0.25, 0.3) is 0 Å². The van der Waals surface area contributed by atoms with Gasteiger partial charge in [-0.15, -0.1) is 6.58 Å². The molecule has 1 heterocycles. The minimum absolute atomic E-state index is 0.0156. The summed E-state index contributed by atoms with van der Waals surface area (Å²) >= 11 is 1.03. The van der Waals surface area contributed by atoms with Crippen molar-refractivity contribution in [3.8, 4) is 0 Å². The molecule has 8 heteroatoms. The number of thioether (sulfide) groups is 1. The van der Waals surface area contributed by atoms with Crippen LogP contribution in [0.3, 0.4) is 0 Å². The Morgan fingerprint density at radius 1 is 1.30 bits per heavy atom. The van der Waals surface area contributed by atoms with Gasteiger partial charge in [-0.3, -0.25) is 9.69 Å². The summed E-state index contributed by atoms with van der Waals surface area (Å²) in [6.07, 6.45) is 1.11. The van der Waals surface area contributed by atoms with Crippen LogP contribution in [0.4, 0.5) is 5.69 Å². The van der Waals surface area contributed by atoms with Crippen LogP contribution in [-0.4, -0.2) is 39.7 Å². The lowest BCUT2D eigenvalue weighted by atomic mass is 10.2. The molecule has 1 aromatic rings. The number of carbonyl (C=O) groups is 3. The van der Waals surface area contributed by atoms with Crippen molar-refractivity contribution in [2.75, 3.05) is 6.54 Å². The molecule has 7 nitrogen and oxygen atoms in total. The molecular formula is C15H12N2O5S-2. The molecule has 1 amide bonds. The van der Waals surface area contributed by atoms with Crippen LogP contribution in [0.2, 0.25) is 0 Å². The van der Waals surface area contributed by atoms with Crippen molar-refractivity contribution >= 4 is 40.5 Å². The number of amides is 1. The predicted molar refractivity (Wildman–Crippen MR) is 80.8 cm³/mol. The van der Waals surface area contributed by atoms with E-state index >= 15 is 0 Å². The third kappa shape index (κ3) is 3.98. The number of aliphatic carboxylic acids is 1. The Labute approximate surface area is 136 Å². The molecule has 0 spiro atoms. The first-order chi connectivity index (χ1) is 10.9. The second-order valence-electron chi connectivity index (χ2n) is 4.65. The van der Waals surface area contributed by atoms with Crippen LogP contribution in [-0.2, 0) is 9.59 Å². The standard InChI is InChI=1S/C15H14N2O5S/c1-2-7-17-13(20)11(8-12(18)19)23-15(17)16-10-5-3-9(4-6-10)14(21)22/h2-6,11H,1,7-8H2,(H,18,19)(H,21,22)/p-2/t11-/m1/s1. The fraction of sp³-hybridized carbons (Fsp3) is 0.200. The molecule has 23 heavy (non-hydrogen) atoms. The summed E-state index contributed by atoms with van der Waals surface area (Å²) in [7, 11) is 0. The zero-order valence-electron chi connectivity index (χ0n) is 11.9. The topological polar surface area (TPSA) is 113 Å². The van der Waals surface area contributed by atoms with E-state index in [-0.39, 0.29) is 18.0 Å². The van der Waals surface area contributed by atoms with Gasteiger partial charge in [0.05, 0.1) is 16.9 Å². The molecule has 0 aliphatic carbocycles. The van der Waals surface area contributed by atoms with Gasteiger partial charge in [-0.2, -0.15) is 0 Å². The molecule has 0 saturated carbocycles. The Morgan fingerprint density at radius 3 is 2.48 bits per heavy atom. The van der Waals surface area contributed by atoms with Gasteiger partial charge >= 0.3 is 0 Å². The number of hydrogen-bond acceptors (Lipinski definition) is 7. The van der Waals surface area contributed by atoms with Crippen LogP contribution in [0.5, 0.6) is 0 Å². The zero-order valence-corrected chi connectivity index (χ0v) is 12.7. The van der Waals surface area contributed by atoms with Crippen molar-refractivity contribution < 1.29 is 24.6 Å². The van der Waals surface area contributed by atoms with Crippen LogP contribution < -0.4 is 10.2 Å². The first kappa shape index (κ1) is 16.8. The maximum Gasteiger partial charge on any atom is 0.242 e. The van der Waals surface area contributed by atoms with Crippen molar-refractivity contribution in [1.82, 2.24) is 4.90 Å². The number of carboxylic acids is 2. The first-order valence-corrected chi connectivity index (χ1v) is 7.49. The van der Waals surface area contributed by atoms with Crippen LogP contribution in [0.1, 0.15) is 16.8 Å². The highest BCUT2D eigenvalue weighted by Crippen LogP contribution is 2.31. The SMILES string of the molecule is C=CCN1C(=O)[C@@H](CC(=O)[O-])SC1=Nc1ccc(C(=O)[O-])cc1. The van der Waals surface area contributed by atoms with Gasteiger partial charge in [0.15, 0.2) is 5.17 Å². The smallest absolute Gasteiger partial charge is 0.242 e. The van der Waals surface area contributed by atoms with E-state index in [0.29, 0.717) is 10.9 Å². The highest BCUT2D eigenvalue weighted by atomic mass is 32.2. The fourth-order valence-corrected chi connectivity index (χ4v) is 3.11. The molecule has 0 unspecified atom stereocenters. The molecule has 0 bridgehead atoms. The van der Waals surface area contributed by atoms with Gasteiger partial charge in [0.2, 0.25) is 5.91 Å². The molecule has 1 aromatic carbocycles. The quantitative estimate of drug-likeness (QED) is 0.637. The van der Waals surface area contributed by atoms with Crippen molar-refractivity contribution in [3.63, 3.8) is 0 Å². The summed E-state index contributed by atoms with van der Waals surface area (Å²) in [4.78, 5) is 39.2. The number of aliphatic imine (C=N–C) groups is 1. The van der Waals surface area contributed by atoms with Gasteiger partial charge in [-0.1, -0.05) is 30.0 Å². The Kier molecular flexibility index (Phi) is 5.17. The molecular weight excluding hydrogens is 320 g/mol. The average molecular weight is 332 g/mol. The Balaban J connectivity index is 2.27. The number of nitrogens with zero attached hydrogens (tertiary/aromatic N) is 2. The molecule has 0 radical (unpaired) electrons. The zero-order chi connectivity index (χ0) is 17.0. The summed E-state index contributed by atoms with van der Waals surface area (Å²) in [5.74, 6) is -2.98. The van der Waals surface area contributed by atoms with Gasteiger partial charge in [-0.25, -0.2) is 4.99 Å². The highest BCUT2D eigenvalue weighted by molar-refractivity contribution is 8.15. The minimum atomic E-state index is -1.31. The predicted octanol–water partition coefficient (Wildman–Crippen LogP) is -0.692. The second kappa shape index (κ2) is 7.10. The monoisotopic (exact) mass is 332 g/mol. The van der Waals surface area contributed by atoms with Crippen LogP contribution in [0, 0.1) is 0 Å². The summed E-state index contributed by atoms with van der Waals surface area (Å²) in [6.45, 7) is 3.76. The molecule has 1 atom stereocenters. The molecule has 1 aliphatic rings. The number of rotatable bonds is 6. The largest absolute Gasteiger partial charge is 0.550 e. The van der Waals surface area contributed by atoms with Crippen molar-refractivity contribution in [1.29, 1.82) is 0 Å². The molecule has 1 fully saturated rings. The van der Waals surface area contributed by atoms with E-state index in [1.165, 1.54) is 35.2 Å². The van der Waals surface area contributed by atoms with Crippen molar-refractivity contribution in [2.24, 2.45) is 4.99 Å². The number of amidine groups is 1. The lowest BCUT2D eigenvalue weighted by Crippen LogP contribution is -2.35. The number of carboxylic acid groups (broad SMARTS) is 2. The molecule has 1 aliphatic heterocycles. The summed E-state index contributed by atoms with van der Waals surface area (Å²) in [6, 6.07) is 5.63. The van der Waals surface area contributed by atoms with Gasteiger partial charge in [0, 0.05) is 18.9 Å². The minimum Gasteiger partial charge on any atom is -0.550 e.